The minimum absolute atomic E-state index is 0.0137. The van der Waals surface area contributed by atoms with Gasteiger partial charge in [0.05, 0.1) is 30.9 Å². The molecule has 0 unspecified atom stereocenters. The Bertz CT molecular complexity index is 1120. The summed E-state index contributed by atoms with van der Waals surface area (Å²) in [5.41, 5.74) is 3.84. The van der Waals surface area contributed by atoms with Gasteiger partial charge in [-0.1, -0.05) is 12.1 Å². The number of nitrogens with one attached hydrogen (secondary N) is 1. The molecule has 0 atom stereocenters. The fourth-order valence-corrected chi connectivity index (χ4v) is 2.74. The van der Waals surface area contributed by atoms with Crippen LogP contribution in [-0.4, -0.2) is 31.3 Å². The summed E-state index contributed by atoms with van der Waals surface area (Å²) in [5.74, 6) is 1.26. The smallest absolute Gasteiger partial charge is 0.275 e. The highest BCUT2D eigenvalue weighted by Gasteiger charge is 2.14. The minimum Gasteiger partial charge on any atom is -0.497 e. The van der Waals surface area contributed by atoms with Crippen LogP contribution in [0.4, 0.5) is 5.69 Å². The van der Waals surface area contributed by atoms with Gasteiger partial charge >= 0.3 is 0 Å². The summed E-state index contributed by atoms with van der Waals surface area (Å²) in [7, 11) is 2.97. The number of nitro benzene ring substituents is 1. The molecule has 1 amide bonds. The second-order valence-corrected chi connectivity index (χ2v) is 6.23. The Balaban J connectivity index is 1.71. The van der Waals surface area contributed by atoms with Crippen molar-refractivity contribution in [1.29, 1.82) is 0 Å². The molecular formula is C21H19N3O6. The third-order valence-corrected chi connectivity index (χ3v) is 4.33. The molecule has 1 heterocycles. The normalized spacial score (nSPS) is 10.8. The first-order chi connectivity index (χ1) is 14.4. The van der Waals surface area contributed by atoms with Crippen LogP contribution in [-0.2, 0) is 0 Å². The number of amides is 1. The van der Waals surface area contributed by atoms with Crippen LogP contribution in [0, 0.1) is 17.0 Å². The number of hydrogen-bond acceptors (Lipinski definition) is 7. The fourth-order valence-electron chi connectivity index (χ4n) is 2.74. The van der Waals surface area contributed by atoms with Gasteiger partial charge < -0.3 is 13.9 Å². The van der Waals surface area contributed by atoms with E-state index in [2.05, 4.69) is 10.5 Å². The Morgan fingerprint density at radius 3 is 2.63 bits per heavy atom. The Morgan fingerprint density at radius 2 is 1.93 bits per heavy atom. The molecule has 9 heteroatoms. The monoisotopic (exact) mass is 409 g/mol. The van der Waals surface area contributed by atoms with Crippen LogP contribution in [0.5, 0.6) is 11.5 Å². The number of nitrogens with zero attached hydrogens (tertiary/aromatic N) is 2. The molecular weight excluding hydrogens is 390 g/mol. The van der Waals surface area contributed by atoms with E-state index in [1.54, 1.807) is 49.4 Å². The Kier molecular flexibility index (Phi) is 6.11. The standard InChI is InChI=1S/C21H19N3O6/c1-13-4-5-14(10-18(13)24(26)27)19-9-7-16(30-19)12-22-23-21(25)17-8-6-15(28-2)11-20(17)29-3/h4-12H,1-3H3,(H,23,25). The zero-order chi connectivity index (χ0) is 21.7. The summed E-state index contributed by atoms with van der Waals surface area (Å²) in [6, 6.07) is 13.0. The second-order valence-electron chi connectivity index (χ2n) is 6.23. The predicted molar refractivity (Wildman–Crippen MR) is 110 cm³/mol. The molecule has 9 nitrogen and oxygen atoms in total. The van der Waals surface area contributed by atoms with Crippen LogP contribution in [0.1, 0.15) is 21.7 Å². The summed E-state index contributed by atoms with van der Waals surface area (Å²) in [4.78, 5) is 23.0. The highest BCUT2D eigenvalue weighted by Crippen LogP contribution is 2.28. The number of aryl methyl sites for hydroxylation is 1. The molecule has 2 aromatic carbocycles. The molecule has 3 rings (SSSR count). The molecule has 3 aromatic rings. The van der Waals surface area contributed by atoms with Crippen LogP contribution in [0.25, 0.3) is 11.3 Å². The maximum atomic E-state index is 12.3. The van der Waals surface area contributed by atoms with Crippen molar-refractivity contribution in [3.8, 4) is 22.8 Å². The Hall–Kier alpha value is -4.14. The van der Waals surface area contributed by atoms with Gasteiger partial charge in [0.2, 0.25) is 0 Å². The lowest BCUT2D eigenvalue weighted by Gasteiger charge is -2.08. The van der Waals surface area contributed by atoms with Gasteiger partial charge in [0.15, 0.2) is 0 Å². The fraction of sp³-hybridized carbons (Fsp3) is 0.143. The number of ether oxygens (including phenoxy) is 2. The van der Waals surface area contributed by atoms with Gasteiger partial charge in [-0.05, 0) is 31.2 Å². The number of nitro groups is 1. The molecule has 0 saturated heterocycles. The predicted octanol–water partition coefficient (Wildman–Crippen LogP) is 3.94. The van der Waals surface area contributed by atoms with Gasteiger partial charge in [-0.15, -0.1) is 0 Å². The van der Waals surface area contributed by atoms with Crippen LogP contribution in [0.15, 0.2) is 58.0 Å². The quantitative estimate of drug-likeness (QED) is 0.359. The van der Waals surface area contributed by atoms with Crippen molar-refractivity contribution in [3.63, 3.8) is 0 Å². The van der Waals surface area contributed by atoms with Crippen molar-refractivity contribution in [3.05, 3.63) is 75.5 Å². The zero-order valence-electron chi connectivity index (χ0n) is 16.5. The van der Waals surface area contributed by atoms with Crippen LogP contribution >= 0.6 is 0 Å². The first kappa shape index (κ1) is 20.6. The lowest BCUT2D eigenvalue weighted by Crippen LogP contribution is -2.18. The van der Waals surface area contributed by atoms with Crippen molar-refractivity contribution in [2.45, 2.75) is 6.92 Å². The summed E-state index contributed by atoms with van der Waals surface area (Å²) in [5, 5.41) is 15.0. The SMILES string of the molecule is COc1ccc(C(=O)NN=Cc2ccc(-c3ccc(C)c([N+](=O)[O-])c3)o2)c(OC)c1. The molecule has 0 bridgehead atoms. The molecule has 1 N–H and O–H groups in total. The van der Waals surface area contributed by atoms with E-state index in [0.717, 1.165) is 0 Å². The molecule has 0 saturated carbocycles. The van der Waals surface area contributed by atoms with Crippen LogP contribution < -0.4 is 14.9 Å². The summed E-state index contributed by atoms with van der Waals surface area (Å²) in [6.45, 7) is 1.67. The van der Waals surface area contributed by atoms with Crippen molar-refractivity contribution in [2.24, 2.45) is 5.10 Å². The molecule has 154 valence electrons. The molecule has 30 heavy (non-hydrogen) atoms. The summed E-state index contributed by atoms with van der Waals surface area (Å²) >= 11 is 0. The topological polar surface area (TPSA) is 116 Å². The zero-order valence-corrected chi connectivity index (χ0v) is 16.5. The Morgan fingerprint density at radius 1 is 1.13 bits per heavy atom. The van der Waals surface area contributed by atoms with E-state index in [9.17, 15) is 14.9 Å². The lowest BCUT2D eigenvalue weighted by atomic mass is 10.1. The van der Waals surface area contributed by atoms with Gasteiger partial charge in [0.25, 0.3) is 11.6 Å². The van der Waals surface area contributed by atoms with E-state index < -0.39 is 10.8 Å². The summed E-state index contributed by atoms with van der Waals surface area (Å²) < 4.78 is 15.9. The van der Waals surface area contributed by atoms with E-state index in [1.165, 1.54) is 26.5 Å². The van der Waals surface area contributed by atoms with Crippen molar-refractivity contribution in [1.82, 2.24) is 5.43 Å². The molecule has 0 radical (unpaired) electrons. The first-order valence-electron chi connectivity index (χ1n) is 8.83. The van der Waals surface area contributed by atoms with Gasteiger partial charge in [-0.25, -0.2) is 5.43 Å². The third kappa shape index (κ3) is 4.46. The number of methoxy groups -OCH3 is 2. The molecule has 1 aromatic heterocycles. The lowest BCUT2D eigenvalue weighted by molar-refractivity contribution is -0.385. The van der Waals surface area contributed by atoms with Crippen LogP contribution in [0.3, 0.4) is 0 Å². The van der Waals surface area contributed by atoms with E-state index in [0.29, 0.717) is 39.7 Å². The number of rotatable bonds is 7. The molecule has 0 aliphatic rings. The first-order valence-corrected chi connectivity index (χ1v) is 8.83. The molecule has 0 fully saturated rings. The number of hydrogen-bond donors (Lipinski definition) is 1. The number of carbonyl (C=O) groups is 1. The van der Waals surface area contributed by atoms with Gasteiger partial charge in [0, 0.05) is 23.3 Å². The van der Waals surface area contributed by atoms with Gasteiger partial charge in [-0.3, -0.25) is 14.9 Å². The van der Waals surface area contributed by atoms with Gasteiger partial charge in [-0.2, -0.15) is 5.10 Å². The van der Waals surface area contributed by atoms with E-state index in [-0.39, 0.29) is 5.69 Å². The van der Waals surface area contributed by atoms with E-state index in [1.807, 2.05) is 0 Å². The van der Waals surface area contributed by atoms with E-state index in [4.69, 9.17) is 13.9 Å². The summed E-state index contributed by atoms with van der Waals surface area (Å²) in [6.07, 6.45) is 1.33. The third-order valence-electron chi connectivity index (χ3n) is 4.33. The van der Waals surface area contributed by atoms with Crippen molar-refractivity contribution < 1.29 is 23.6 Å². The second kappa shape index (κ2) is 8.91. The molecule has 0 aliphatic carbocycles. The number of carbonyl (C=O) groups excluding carboxylic acids is 1. The maximum absolute atomic E-state index is 12.3. The van der Waals surface area contributed by atoms with E-state index >= 15 is 0 Å². The highest BCUT2D eigenvalue weighted by molar-refractivity contribution is 5.97. The number of hydrazone groups is 1. The highest BCUT2D eigenvalue weighted by atomic mass is 16.6. The van der Waals surface area contributed by atoms with Crippen LogP contribution in [0.2, 0.25) is 0 Å². The number of benzene rings is 2. The largest absolute Gasteiger partial charge is 0.497 e. The minimum atomic E-state index is -0.466. The molecule has 0 aliphatic heterocycles. The van der Waals surface area contributed by atoms with Gasteiger partial charge in [0.1, 0.15) is 23.0 Å². The van der Waals surface area contributed by atoms with Crippen molar-refractivity contribution in [2.75, 3.05) is 14.2 Å². The molecule has 0 spiro atoms. The van der Waals surface area contributed by atoms with Crippen molar-refractivity contribution >= 4 is 17.8 Å². The number of furan rings is 1. The Labute approximate surface area is 172 Å². The maximum Gasteiger partial charge on any atom is 0.275 e. The average molecular weight is 409 g/mol. The average Bonchev–Trinajstić information content (AvgIpc) is 3.22.